The Morgan fingerprint density at radius 3 is 2.44 bits per heavy atom. The van der Waals surface area contributed by atoms with E-state index in [1.165, 1.54) is 54.2 Å². The van der Waals surface area contributed by atoms with Gasteiger partial charge in [0.05, 0.1) is 18.0 Å². The molecule has 3 atom stereocenters. The number of hydrogen-bond donors (Lipinski definition) is 3. The number of alkyl halides is 3. The predicted octanol–water partition coefficient (Wildman–Crippen LogP) is 2.86. The fraction of sp³-hybridized carbons (Fsp3) is 0.294. The van der Waals surface area contributed by atoms with E-state index in [0.29, 0.717) is 5.75 Å². The zero-order chi connectivity index (χ0) is 19.8. The average Bonchev–Trinajstić information content (AvgIpc) is 3.14. The summed E-state index contributed by atoms with van der Waals surface area (Å²) in [5.74, 6) is -2.51. The predicted molar refractivity (Wildman–Crippen MR) is 90.5 cm³/mol. The van der Waals surface area contributed by atoms with Crippen LogP contribution in [0.1, 0.15) is 21.3 Å². The van der Waals surface area contributed by atoms with Gasteiger partial charge >= 0.3 is 12.2 Å². The maximum absolute atomic E-state index is 13.7. The first-order valence-electron chi connectivity index (χ1n) is 7.77. The van der Waals surface area contributed by atoms with Crippen molar-refractivity contribution in [2.24, 2.45) is 5.92 Å². The normalized spacial score (nSPS) is 25.4. The maximum atomic E-state index is 13.7. The van der Waals surface area contributed by atoms with Crippen LogP contribution in [0.2, 0.25) is 0 Å². The van der Waals surface area contributed by atoms with Gasteiger partial charge in [0, 0.05) is 0 Å². The van der Waals surface area contributed by atoms with Crippen LogP contribution < -0.4 is 15.4 Å². The fourth-order valence-corrected chi connectivity index (χ4v) is 3.70. The summed E-state index contributed by atoms with van der Waals surface area (Å²) in [6.45, 7) is 0. The third kappa shape index (κ3) is 3.37. The van der Waals surface area contributed by atoms with E-state index in [1.807, 2.05) is 0 Å². The third-order valence-electron chi connectivity index (χ3n) is 4.33. The summed E-state index contributed by atoms with van der Waals surface area (Å²) in [4.78, 5) is 24.8. The third-order valence-corrected chi connectivity index (χ3v) is 5.21. The molecule has 0 bridgehead atoms. The number of benzene rings is 1. The van der Waals surface area contributed by atoms with Crippen molar-refractivity contribution in [3.05, 3.63) is 52.2 Å². The Balaban J connectivity index is 2.12. The number of nitrogens with one attached hydrogen (secondary N) is 2. The molecule has 2 heterocycles. The first-order chi connectivity index (χ1) is 12.7. The lowest BCUT2D eigenvalue weighted by Gasteiger charge is -2.44. The summed E-state index contributed by atoms with van der Waals surface area (Å²) in [6.07, 6.45) is -5.27. The van der Waals surface area contributed by atoms with Crippen molar-refractivity contribution in [3.8, 4) is 5.75 Å². The topological polar surface area (TPSA) is 87.7 Å². The molecule has 144 valence electrons. The zero-order valence-corrected chi connectivity index (χ0v) is 14.7. The van der Waals surface area contributed by atoms with Crippen LogP contribution in [0.4, 0.5) is 18.0 Å². The molecule has 6 nitrogen and oxygen atoms in total. The number of Topliss-reactive ketones (excluding diaryl/α,β-unsaturated/α-hetero) is 1. The first-order valence-corrected chi connectivity index (χ1v) is 8.65. The van der Waals surface area contributed by atoms with Crippen molar-refractivity contribution >= 4 is 23.2 Å². The van der Waals surface area contributed by atoms with Crippen molar-refractivity contribution in [2.45, 2.75) is 17.9 Å². The first kappa shape index (κ1) is 19.2. The number of aliphatic hydroxyl groups is 1. The largest absolute Gasteiger partial charge is 0.497 e. The quantitative estimate of drug-likeness (QED) is 0.689. The minimum absolute atomic E-state index is 0.0409. The number of thiophene rings is 1. The molecule has 0 saturated carbocycles. The minimum Gasteiger partial charge on any atom is -0.497 e. The van der Waals surface area contributed by atoms with Gasteiger partial charge < -0.3 is 20.5 Å². The number of ketones is 1. The number of urea groups is 1. The van der Waals surface area contributed by atoms with Crippen LogP contribution in [0, 0.1) is 5.92 Å². The van der Waals surface area contributed by atoms with Gasteiger partial charge in [-0.1, -0.05) is 18.2 Å². The van der Waals surface area contributed by atoms with Gasteiger partial charge in [0.25, 0.3) is 0 Å². The lowest BCUT2D eigenvalue weighted by molar-refractivity contribution is -0.287. The molecule has 2 amide bonds. The molecule has 1 aromatic carbocycles. The van der Waals surface area contributed by atoms with E-state index in [0.717, 1.165) is 11.3 Å². The van der Waals surface area contributed by atoms with Crippen molar-refractivity contribution in [1.29, 1.82) is 0 Å². The summed E-state index contributed by atoms with van der Waals surface area (Å²) in [6, 6.07) is 6.09. The fourth-order valence-electron chi connectivity index (χ4n) is 3.00. The number of hydrogen-bond acceptors (Lipinski definition) is 5. The lowest BCUT2D eigenvalue weighted by Crippen LogP contribution is -2.72. The summed E-state index contributed by atoms with van der Waals surface area (Å²) in [5.41, 5.74) is -3.50. The van der Waals surface area contributed by atoms with Gasteiger partial charge in [0.2, 0.25) is 5.72 Å². The molecule has 0 spiro atoms. The summed E-state index contributed by atoms with van der Waals surface area (Å²) >= 11 is 0.952. The van der Waals surface area contributed by atoms with E-state index in [9.17, 15) is 27.9 Å². The zero-order valence-electron chi connectivity index (χ0n) is 13.9. The standard InChI is InChI=1S/C17H15F3N2O4S/c1-26-10-6-4-9(5-7-10)13-12(14(23)11-3-2-8-27-11)16(25,17(18,19)20)22-15(24)21-13/h2-8,12-13,25H,1H3,(H2,21,22,24)/t12-,13+,16+/m1/s1. The molecule has 10 heteroatoms. The summed E-state index contributed by atoms with van der Waals surface area (Å²) < 4.78 is 46.1. The summed E-state index contributed by atoms with van der Waals surface area (Å²) in [7, 11) is 1.42. The number of rotatable bonds is 4. The minimum atomic E-state index is -5.27. The summed E-state index contributed by atoms with van der Waals surface area (Å²) in [5, 5.41) is 15.8. The highest BCUT2D eigenvalue weighted by Crippen LogP contribution is 2.44. The van der Waals surface area contributed by atoms with E-state index in [2.05, 4.69) is 5.32 Å². The van der Waals surface area contributed by atoms with E-state index in [4.69, 9.17) is 4.74 Å². The monoisotopic (exact) mass is 400 g/mol. The highest BCUT2D eigenvalue weighted by Gasteiger charge is 2.66. The van der Waals surface area contributed by atoms with Crippen LogP contribution in [-0.4, -0.2) is 35.9 Å². The van der Waals surface area contributed by atoms with Crippen molar-refractivity contribution in [3.63, 3.8) is 0 Å². The lowest BCUT2D eigenvalue weighted by atomic mass is 9.78. The van der Waals surface area contributed by atoms with Gasteiger partial charge in [-0.2, -0.15) is 13.2 Å². The van der Waals surface area contributed by atoms with Gasteiger partial charge in [0.1, 0.15) is 11.7 Å². The second-order valence-corrected chi connectivity index (χ2v) is 6.88. The molecule has 0 unspecified atom stereocenters. The van der Waals surface area contributed by atoms with Crippen molar-refractivity contribution < 1.29 is 32.6 Å². The number of amides is 2. The van der Waals surface area contributed by atoms with Crippen LogP contribution in [0.25, 0.3) is 0 Å². The van der Waals surface area contributed by atoms with Crippen molar-refractivity contribution in [2.75, 3.05) is 7.11 Å². The molecule has 27 heavy (non-hydrogen) atoms. The van der Waals surface area contributed by atoms with E-state index in [-0.39, 0.29) is 10.4 Å². The van der Waals surface area contributed by atoms with Crippen LogP contribution in [-0.2, 0) is 0 Å². The molecular weight excluding hydrogens is 385 g/mol. The van der Waals surface area contributed by atoms with Gasteiger partial charge in [-0.05, 0) is 29.1 Å². The molecule has 0 radical (unpaired) electrons. The molecule has 1 aromatic heterocycles. The molecule has 1 saturated heterocycles. The average molecular weight is 400 g/mol. The molecule has 2 aromatic rings. The maximum Gasteiger partial charge on any atom is 0.437 e. The smallest absolute Gasteiger partial charge is 0.437 e. The Kier molecular flexibility index (Phi) is 4.87. The van der Waals surface area contributed by atoms with Gasteiger partial charge in [-0.3, -0.25) is 4.79 Å². The Hall–Kier alpha value is -2.59. The van der Waals surface area contributed by atoms with Crippen molar-refractivity contribution in [1.82, 2.24) is 10.6 Å². The second kappa shape index (κ2) is 6.86. The van der Waals surface area contributed by atoms with Crippen LogP contribution >= 0.6 is 11.3 Å². The van der Waals surface area contributed by atoms with Crippen LogP contribution in [0.5, 0.6) is 5.75 Å². The number of ether oxygens (including phenoxy) is 1. The number of carbonyl (C=O) groups is 2. The van der Waals surface area contributed by atoms with E-state index < -0.39 is 35.7 Å². The van der Waals surface area contributed by atoms with Crippen LogP contribution in [0.3, 0.4) is 0 Å². The van der Waals surface area contributed by atoms with Gasteiger partial charge in [-0.25, -0.2) is 4.79 Å². The van der Waals surface area contributed by atoms with Gasteiger partial charge in [-0.15, -0.1) is 11.3 Å². The highest BCUT2D eigenvalue weighted by molar-refractivity contribution is 7.12. The Labute approximate surface area is 156 Å². The Morgan fingerprint density at radius 2 is 1.93 bits per heavy atom. The number of carbonyl (C=O) groups excluding carboxylic acids is 2. The SMILES string of the molecule is COc1ccc([C@@H]2NC(=O)N[C@@](O)(C(F)(F)F)[C@H]2C(=O)c2cccs2)cc1. The van der Waals surface area contributed by atoms with Gasteiger partial charge in [0.15, 0.2) is 5.78 Å². The van der Waals surface area contributed by atoms with E-state index >= 15 is 0 Å². The molecule has 0 aliphatic carbocycles. The Bertz CT molecular complexity index is 839. The molecule has 1 aliphatic rings. The molecule has 3 N–H and O–H groups in total. The second-order valence-electron chi connectivity index (χ2n) is 5.93. The molecule has 3 rings (SSSR count). The molecular formula is C17H15F3N2O4S. The molecule has 1 aliphatic heterocycles. The molecule has 1 fully saturated rings. The number of methoxy groups -OCH3 is 1. The van der Waals surface area contributed by atoms with Crippen LogP contribution in [0.15, 0.2) is 41.8 Å². The Morgan fingerprint density at radius 1 is 1.26 bits per heavy atom. The van der Waals surface area contributed by atoms with E-state index in [1.54, 1.807) is 0 Å². The highest BCUT2D eigenvalue weighted by atomic mass is 32.1. The number of halogens is 3.